The highest BCUT2D eigenvalue weighted by molar-refractivity contribution is 9.10. The van der Waals surface area contributed by atoms with Crippen molar-refractivity contribution in [2.45, 2.75) is 32.9 Å². The van der Waals surface area contributed by atoms with Gasteiger partial charge in [-0.2, -0.15) is 5.10 Å². The molecule has 1 N–H and O–H groups in total. The molecular weight excluding hydrogens is 401 g/mol. The average molecular weight is 419 g/mol. The van der Waals surface area contributed by atoms with Gasteiger partial charge in [0.1, 0.15) is 5.82 Å². The van der Waals surface area contributed by atoms with E-state index in [0.717, 1.165) is 22.3 Å². The Balaban J connectivity index is 2.59. The van der Waals surface area contributed by atoms with Crippen LogP contribution in [0.5, 0.6) is 0 Å². The summed E-state index contributed by atoms with van der Waals surface area (Å²) in [4.78, 5) is 0. The molecule has 1 aromatic heterocycles. The molecule has 1 heterocycles. The van der Waals surface area contributed by atoms with E-state index in [-0.39, 0.29) is 17.9 Å². The first-order chi connectivity index (χ1) is 9.97. The van der Waals surface area contributed by atoms with Gasteiger partial charge in [0.25, 0.3) is 0 Å². The van der Waals surface area contributed by atoms with E-state index in [9.17, 15) is 4.39 Å². The molecule has 0 aliphatic heterocycles. The summed E-state index contributed by atoms with van der Waals surface area (Å²) in [6.07, 6.45) is 1.78. The zero-order chi connectivity index (χ0) is 15.6. The molecule has 0 aliphatic carbocycles. The van der Waals surface area contributed by atoms with E-state index in [4.69, 9.17) is 0 Å². The topological polar surface area (TPSA) is 29.9 Å². The van der Waals surface area contributed by atoms with Gasteiger partial charge < -0.3 is 5.32 Å². The van der Waals surface area contributed by atoms with Crippen LogP contribution in [0.15, 0.2) is 33.3 Å². The molecule has 0 saturated heterocycles. The highest BCUT2D eigenvalue weighted by Crippen LogP contribution is 2.34. The number of rotatable bonds is 5. The molecule has 2 rings (SSSR count). The molecule has 21 heavy (non-hydrogen) atoms. The Kier molecular flexibility index (Phi) is 5.57. The van der Waals surface area contributed by atoms with Gasteiger partial charge in [-0.25, -0.2) is 4.39 Å². The third kappa shape index (κ3) is 3.38. The van der Waals surface area contributed by atoms with Gasteiger partial charge in [0.15, 0.2) is 0 Å². The molecule has 1 aromatic carbocycles. The van der Waals surface area contributed by atoms with Crippen molar-refractivity contribution >= 4 is 31.9 Å². The second-order valence-corrected chi connectivity index (χ2v) is 6.70. The van der Waals surface area contributed by atoms with Crippen molar-refractivity contribution in [3.63, 3.8) is 0 Å². The lowest BCUT2D eigenvalue weighted by Crippen LogP contribution is -2.26. The first-order valence-corrected chi connectivity index (χ1v) is 8.46. The molecule has 114 valence electrons. The monoisotopic (exact) mass is 417 g/mol. The van der Waals surface area contributed by atoms with Crippen LogP contribution in [-0.2, 0) is 0 Å². The zero-order valence-electron chi connectivity index (χ0n) is 12.2. The van der Waals surface area contributed by atoms with Gasteiger partial charge in [0.05, 0.1) is 26.9 Å². The number of nitrogens with zero attached hydrogens (tertiary/aromatic N) is 2. The van der Waals surface area contributed by atoms with Crippen molar-refractivity contribution in [2.24, 2.45) is 0 Å². The Labute approximate surface area is 141 Å². The number of nitrogens with one attached hydrogen (secondary N) is 1. The van der Waals surface area contributed by atoms with Crippen molar-refractivity contribution in [3.8, 4) is 0 Å². The van der Waals surface area contributed by atoms with E-state index in [0.29, 0.717) is 4.47 Å². The zero-order valence-corrected chi connectivity index (χ0v) is 15.4. The lowest BCUT2D eigenvalue weighted by Gasteiger charge is -2.23. The standard InChI is InChI=1S/C15H18Br2FN3/c1-4-19-14(10-6-5-7-12(18)13(10)17)15-11(16)8-20-21(15)9(2)3/h5-9,14,19H,4H2,1-3H3. The van der Waals surface area contributed by atoms with Crippen molar-refractivity contribution in [3.05, 3.63) is 50.4 Å². The van der Waals surface area contributed by atoms with Gasteiger partial charge in [0.2, 0.25) is 0 Å². The largest absolute Gasteiger partial charge is 0.305 e. The normalized spacial score (nSPS) is 12.9. The third-order valence-corrected chi connectivity index (χ3v) is 4.70. The summed E-state index contributed by atoms with van der Waals surface area (Å²) < 4.78 is 17.2. The maximum atomic E-state index is 13.9. The molecule has 1 unspecified atom stereocenters. The van der Waals surface area contributed by atoms with Crippen molar-refractivity contribution < 1.29 is 4.39 Å². The number of aromatic nitrogens is 2. The van der Waals surface area contributed by atoms with Gasteiger partial charge in [-0.3, -0.25) is 4.68 Å². The Hall–Kier alpha value is -0.720. The summed E-state index contributed by atoms with van der Waals surface area (Å²) in [5.41, 5.74) is 1.86. The maximum absolute atomic E-state index is 13.9. The van der Waals surface area contributed by atoms with Crippen LogP contribution in [0.25, 0.3) is 0 Å². The van der Waals surface area contributed by atoms with E-state index in [1.54, 1.807) is 12.3 Å². The van der Waals surface area contributed by atoms with Gasteiger partial charge in [0, 0.05) is 6.04 Å². The molecule has 0 spiro atoms. The van der Waals surface area contributed by atoms with Gasteiger partial charge in [-0.05, 0) is 63.9 Å². The van der Waals surface area contributed by atoms with Crippen LogP contribution in [0, 0.1) is 5.82 Å². The summed E-state index contributed by atoms with van der Waals surface area (Å²) in [7, 11) is 0. The minimum Gasteiger partial charge on any atom is -0.305 e. The summed E-state index contributed by atoms with van der Waals surface area (Å²) in [6.45, 7) is 6.95. The van der Waals surface area contributed by atoms with Gasteiger partial charge in [-0.15, -0.1) is 0 Å². The van der Waals surface area contributed by atoms with Crippen LogP contribution in [0.3, 0.4) is 0 Å². The number of hydrogen-bond donors (Lipinski definition) is 1. The molecule has 0 amide bonds. The smallest absolute Gasteiger partial charge is 0.137 e. The number of hydrogen-bond acceptors (Lipinski definition) is 2. The van der Waals surface area contributed by atoms with Gasteiger partial charge >= 0.3 is 0 Å². The van der Waals surface area contributed by atoms with E-state index >= 15 is 0 Å². The highest BCUT2D eigenvalue weighted by Gasteiger charge is 2.25. The average Bonchev–Trinajstić information content (AvgIpc) is 2.82. The first kappa shape index (κ1) is 16.6. The highest BCUT2D eigenvalue weighted by atomic mass is 79.9. The fourth-order valence-electron chi connectivity index (χ4n) is 2.33. The van der Waals surface area contributed by atoms with E-state index < -0.39 is 0 Å². The Bertz CT molecular complexity index is 625. The fraction of sp³-hybridized carbons (Fsp3) is 0.400. The van der Waals surface area contributed by atoms with E-state index in [1.165, 1.54) is 6.07 Å². The molecule has 0 radical (unpaired) electrons. The first-order valence-electron chi connectivity index (χ1n) is 6.87. The minimum absolute atomic E-state index is 0.139. The summed E-state index contributed by atoms with van der Waals surface area (Å²) >= 11 is 6.93. The lowest BCUT2D eigenvalue weighted by atomic mass is 10.0. The fourth-order valence-corrected chi connectivity index (χ4v) is 3.33. The SMILES string of the molecule is CCNC(c1cccc(F)c1Br)c1c(Br)cnn1C(C)C. The molecule has 0 aliphatic rings. The second kappa shape index (κ2) is 7.03. The second-order valence-electron chi connectivity index (χ2n) is 5.05. The lowest BCUT2D eigenvalue weighted by molar-refractivity contribution is 0.473. The van der Waals surface area contributed by atoms with E-state index in [1.807, 2.05) is 17.7 Å². The minimum atomic E-state index is -0.262. The van der Waals surface area contributed by atoms with Crippen molar-refractivity contribution in [2.75, 3.05) is 6.54 Å². The maximum Gasteiger partial charge on any atom is 0.137 e. The molecule has 0 saturated carbocycles. The predicted molar refractivity (Wildman–Crippen MR) is 89.9 cm³/mol. The molecule has 0 bridgehead atoms. The Morgan fingerprint density at radius 1 is 1.33 bits per heavy atom. The van der Waals surface area contributed by atoms with Gasteiger partial charge in [-0.1, -0.05) is 19.1 Å². The molecule has 6 heteroatoms. The van der Waals surface area contributed by atoms with Crippen LogP contribution in [0.4, 0.5) is 4.39 Å². The van der Waals surface area contributed by atoms with Crippen molar-refractivity contribution in [1.29, 1.82) is 0 Å². The van der Waals surface area contributed by atoms with E-state index in [2.05, 4.69) is 56.1 Å². The molecule has 0 fully saturated rings. The Morgan fingerprint density at radius 2 is 2.05 bits per heavy atom. The number of benzene rings is 1. The van der Waals surface area contributed by atoms with Crippen LogP contribution >= 0.6 is 31.9 Å². The number of halogens is 3. The summed E-state index contributed by atoms with van der Waals surface area (Å²) in [6, 6.07) is 5.18. The summed E-state index contributed by atoms with van der Waals surface area (Å²) in [5.74, 6) is -0.262. The molecular formula is C15H18Br2FN3. The third-order valence-electron chi connectivity index (χ3n) is 3.25. The quantitative estimate of drug-likeness (QED) is 0.753. The van der Waals surface area contributed by atoms with Crippen molar-refractivity contribution in [1.82, 2.24) is 15.1 Å². The van der Waals surface area contributed by atoms with Crippen LogP contribution in [-0.4, -0.2) is 16.3 Å². The van der Waals surface area contributed by atoms with Crippen LogP contribution in [0.2, 0.25) is 0 Å². The molecule has 2 aromatic rings. The summed E-state index contributed by atoms with van der Waals surface area (Å²) in [5, 5.41) is 7.83. The van der Waals surface area contributed by atoms with Crippen LogP contribution in [0.1, 0.15) is 44.1 Å². The predicted octanol–water partition coefficient (Wildman–Crippen LogP) is 4.83. The van der Waals surface area contributed by atoms with Crippen LogP contribution < -0.4 is 5.32 Å². The molecule has 1 atom stereocenters. The Morgan fingerprint density at radius 3 is 2.67 bits per heavy atom. The molecule has 3 nitrogen and oxygen atoms in total.